The number of hydrogen-bond acceptors (Lipinski definition) is 5. The van der Waals surface area contributed by atoms with E-state index in [0.717, 1.165) is 0 Å². The summed E-state index contributed by atoms with van der Waals surface area (Å²) in [5.41, 5.74) is 0. The van der Waals surface area contributed by atoms with E-state index in [1.54, 1.807) is 6.92 Å². The van der Waals surface area contributed by atoms with E-state index in [2.05, 4.69) is 0 Å². The van der Waals surface area contributed by atoms with E-state index in [-0.39, 0.29) is 18.3 Å². The van der Waals surface area contributed by atoms with Crippen LogP contribution < -0.4 is 0 Å². The van der Waals surface area contributed by atoms with Crippen molar-refractivity contribution in [3.8, 4) is 0 Å². The zero-order valence-corrected chi connectivity index (χ0v) is 8.76. The van der Waals surface area contributed by atoms with Crippen molar-refractivity contribution in [2.75, 3.05) is 6.61 Å². The molecule has 6 heteroatoms. The molecule has 0 saturated carbocycles. The minimum absolute atomic E-state index is 0. The summed E-state index contributed by atoms with van der Waals surface area (Å²) in [4.78, 5) is 11.0. The molecule has 0 rings (SSSR count). The molecule has 3 unspecified atom stereocenters. The van der Waals surface area contributed by atoms with Crippen LogP contribution in [0.25, 0.3) is 0 Å². The second-order valence-corrected chi connectivity index (χ2v) is 3.32. The number of aliphatic hydroxyl groups is 4. The highest BCUT2D eigenvalue weighted by atomic mass is 16.3. The molecule has 0 heterocycles. The van der Waals surface area contributed by atoms with E-state index in [0.29, 0.717) is 6.42 Å². The van der Waals surface area contributed by atoms with Gasteiger partial charge in [-0.1, -0.05) is 6.92 Å². The molecule has 0 amide bonds. The Morgan fingerprint density at radius 3 is 2.13 bits per heavy atom. The quantitative estimate of drug-likeness (QED) is 0.397. The van der Waals surface area contributed by atoms with Crippen LogP contribution in [0, 0.1) is 0 Å². The lowest BCUT2D eigenvalue weighted by molar-refractivity contribution is -0.131. The van der Waals surface area contributed by atoms with Crippen LogP contribution in [-0.4, -0.2) is 56.6 Å². The highest BCUT2D eigenvalue weighted by molar-refractivity contribution is 5.83. The van der Waals surface area contributed by atoms with Crippen molar-refractivity contribution in [1.29, 1.82) is 0 Å². The first-order valence-corrected chi connectivity index (χ1v) is 4.69. The Morgan fingerprint density at radius 2 is 1.73 bits per heavy atom. The third-order valence-corrected chi connectivity index (χ3v) is 2.00. The van der Waals surface area contributed by atoms with E-state index >= 15 is 0 Å². The SMILES string of the molecule is CCC(O)CC(O)CC(=O)C(O)CO.O. The Balaban J connectivity index is 0. The molecule has 6 nitrogen and oxygen atoms in total. The van der Waals surface area contributed by atoms with Gasteiger partial charge in [0.15, 0.2) is 5.78 Å². The van der Waals surface area contributed by atoms with Crippen molar-refractivity contribution in [1.82, 2.24) is 0 Å². The lowest BCUT2D eigenvalue weighted by atomic mass is 10.0. The predicted octanol–water partition coefficient (Wildman–Crippen LogP) is -2.00. The van der Waals surface area contributed by atoms with Crippen LogP contribution in [0.3, 0.4) is 0 Å². The van der Waals surface area contributed by atoms with E-state index in [4.69, 9.17) is 15.3 Å². The molecule has 0 aliphatic rings. The molecule has 0 aromatic rings. The second-order valence-electron chi connectivity index (χ2n) is 3.32. The van der Waals surface area contributed by atoms with Gasteiger partial charge in [0.25, 0.3) is 0 Å². The largest absolute Gasteiger partial charge is 0.412 e. The summed E-state index contributed by atoms with van der Waals surface area (Å²) in [6.45, 7) is 1.13. The number of ketones is 1. The molecule has 0 aliphatic heterocycles. The number of hydrogen-bond donors (Lipinski definition) is 4. The number of aliphatic hydroxyl groups excluding tert-OH is 4. The Kier molecular flexibility index (Phi) is 9.85. The monoisotopic (exact) mass is 224 g/mol. The zero-order chi connectivity index (χ0) is 11.1. The number of carbonyl (C=O) groups is 1. The van der Waals surface area contributed by atoms with Crippen molar-refractivity contribution < 1.29 is 30.7 Å². The summed E-state index contributed by atoms with van der Waals surface area (Å²) in [5, 5.41) is 35.8. The Morgan fingerprint density at radius 1 is 1.20 bits per heavy atom. The summed E-state index contributed by atoms with van der Waals surface area (Å²) in [6, 6.07) is 0. The fraction of sp³-hybridized carbons (Fsp3) is 0.889. The summed E-state index contributed by atoms with van der Waals surface area (Å²) >= 11 is 0. The number of rotatable bonds is 7. The fourth-order valence-corrected chi connectivity index (χ4v) is 1.03. The standard InChI is InChI=1S/C9H18O5.H2O/c1-2-6(11)3-7(12)4-8(13)9(14)5-10;/h6-7,9-12,14H,2-5H2,1H3;1H2. The van der Waals surface area contributed by atoms with Crippen LogP contribution in [-0.2, 0) is 4.79 Å². The van der Waals surface area contributed by atoms with Gasteiger partial charge in [0, 0.05) is 6.42 Å². The lowest BCUT2D eigenvalue weighted by Gasteiger charge is -2.14. The number of carbonyl (C=O) groups excluding carboxylic acids is 1. The summed E-state index contributed by atoms with van der Waals surface area (Å²) in [6.07, 6.45) is -2.64. The first-order chi connectivity index (χ1) is 6.51. The summed E-state index contributed by atoms with van der Waals surface area (Å²) in [5.74, 6) is -0.608. The third kappa shape index (κ3) is 7.40. The van der Waals surface area contributed by atoms with Gasteiger partial charge in [-0.15, -0.1) is 0 Å². The maximum absolute atomic E-state index is 11.0. The molecule has 0 aromatic heterocycles. The molecule has 15 heavy (non-hydrogen) atoms. The van der Waals surface area contributed by atoms with E-state index in [1.165, 1.54) is 0 Å². The van der Waals surface area contributed by atoms with Gasteiger partial charge in [-0.25, -0.2) is 0 Å². The Hall–Kier alpha value is -0.530. The van der Waals surface area contributed by atoms with Gasteiger partial charge in [0.05, 0.1) is 18.8 Å². The molecule has 6 N–H and O–H groups in total. The molecule has 92 valence electrons. The predicted molar refractivity (Wildman–Crippen MR) is 53.3 cm³/mol. The fourth-order valence-electron chi connectivity index (χ4n) is 1.03. The second kappa shape index (κ2) is 8.75. The van der Waals surface area contributed by atoms with Gasteiger partial charge < -0.3 is 25.9 Å². The molecule has 0 fully saturated rings. The minimum atomic E-state index is -1.43. The maximum atomic E-state index is 11.0. The maximum Gasteiger partial charge on any atom is 0.166 e. The van der Waals surface area contributed by atoms with Crippen molar-refractivity contribution in [2.24, 2.45) is 0 Å². The molecule has 0 saturated heterocycles. The first-order valence-electron chi connectivity index (χ1n) is 4.69. The molecule has 0 aliphatic carbocycles. The summed E-state index contributed by atoms with van der Waals surface area (Å²) < 4.78 is 0. The van der Waals surface area contributed by atoms with Crippen LogP contribution in [0.5, 0.6) is 0 Å². The topological polar surface area (TPSA) is 129 Å². The summed E-state index contributed by atoms with van der Waals surface area (Å²) in [7, 11) is 0. The van der Waals surface area contributed by atoms with Crippen LogP contribution >= 0.6 is 0 Å². The lowest BCUT2D eigenvalue weighted by Crippen LogP contribution is -2.29. The minimum Gasteiger partial charge on any atom is -0.412 e. The van der Waals surface area contributed by atoms with Gasteiger partial charge in [0.1, 0.15) is 6.10 Å². The molecule has 3 atom stereocenters. The van der Waals surface area contributed by atoms with Gasteiger partial charge in [-0.05, 0) is 12.8 Å². The van der Waals surface area contributed by atoms with Crippen LogP contribution in [0.15, 0.2) is 0 Å². The van der Waals surface area contributed by atoms with Gasteiger partial charge in [0.2, 0.25) is 0 Å². The smallest absolute Gasteiger partial charge is 0.166 e. The van der Waals surface area contributed by atoms with E-state index in [1.807, 2.05) is 0 Å². The molecule has 0 radical (unpaired) electrons. The van der Waals surface area contributed by atoms with Gasteiger partial charge in [-0.2, -0.15) is 0 Å². The van der Waals surface area contributed by atoms with Crippen molar-refractivity contribution in [3.63, 3.8) is 0 Å². The molecule has 0 spiro atoms. The van der Waals surface area contributed by atoms with Crippen molar-refractivity contribution in [2.45, 2.75) is 44.5 Å². The third-order valence-electron chi connectivity index (χ3n) is 2.00. The highest BCUT2D eigenvalue weighted by Crippen LogP contribution is 2.07. The zero-order valence-electron chi connectivity index (χ0n) is 8.76. The van der Waals surface area contributed by atoms with Gasteiger partial charge >= 0.3 is 0 Å². The first kappa shape index (κ1) is 16.9. The highest BCUT2D eigenvalue weighted by Gasteiger charge is 2.19. The van der Waals surface area contributed by atoms with Crippen LogP contribution in [0.1, 0.15) is 26.2 Å². The molecule has 0 bridgehead atoms. The Bertz CT molecular complexity index is 172. The van der Waals surface area contributed by atoms with Crippen molar-refractivity contribution >= 4 is 5.78 Å². The van der Waals surface area contributed by atoms with Crippen LogP contribution in [0.4, 0.5) is 0 Å². The molecular formula is C9H20O6. The Labute approximate surface area is 88.5 Å². The average molecular weight is 224 g/mol. The average Bonchev–Trinajstić information content (AvgIpc) is 2.15. The van der Waals surface area contributed by atoms with Crippen molar-refractivity contribution in [3.05, 3.63) is 0 Å². The normalized spacial score (nSPS) is 16.3. The molecular weight excluding hydrogens is 204 g/mol. The van der Waals surface area contributed by atoms with E-state index < -0.39 is 30.7 Å². The van der Waals surface area contributed by atoms with Gasteiger partial charge in [-0.3, -0.25) is 4.79 Å². The van der Waals surface area contributed by atoms with Crippen LogP contribution in [0.2, 0.25) is 0 Å². The number of Topliss-reactive ketones (excluding diaryl/α,β-unsaturated/α-hetero) is 1. The molecule has 0 aromatic carbocycles. The van der Waals surface area contributed by atoms with E-state index in [9.17, 15) is 9.90 Å².